The quantitative estimate of drug-likeness (QED) is 0.662. The van der Waals surface area contributed by atoms with E-state index in [4.69, 9.17) is 13.7 Å². The van der Waals surface area contributed by atoms with Crippen molar-refractivity contribution in [3.8, 4) is 0 Å². The predicted octanol–water partition coefficient (Wildman–Crippen LogP) is 0.459. The molecule has 1 rings (SSSR count). The standard InChI is InChI=1S/C7H18BNO3Si/c1-13(2,3)12-8-10-6-4-9-5-7-11-8/h9H,4-7H2,1-3H3. The molecule has 13 heavy (non-hydrogen) atoms. The van der Waals surface area contributed by atoms with Crippen molar-refractivity contribution in [2.24, 2.45) is 0 Å². The van der Waals surface area contributed by atoms with E-state index in [1.165, 1.54) is 0 Å². The highest BCUT2D eigenvalue weighted by molar-refractivity contribution is 6.74. The van der Waals surface area contributed by atoms with Gasteiger partial charge in [0.1, 0.15) is 0 Å². The third-order valence-corrected chi connectivity index (χ3v) is 2.41. The number of hydrogen-bond donors (Lipinski definition) is 1. The molecule has 0 aromatic rings. The summed E-state index contributed by atoms with van der Waals surface area (Å²) >= 11 is 0. The van der Waals surface area contributed by atoms with E-state index in [-0.39, 0.29) is 0 Å². The summed E-state index contributed by atoms with van der Waals surface area (Å²) in [6.07, 6.45) is 0. The van der Waals surface area contributed by atoms with Gasteiger partial charge in [0.25, 0.3) is 0 Å². The minimum absolute atomic E-state index is 0.450. The van der Waals surface area contributed by atoms with Gasteiger partial charge in [-0.3, -0.25) is 0 Å². The molecule has 1 fully saturated rings. The fourth-order valence-corrected chi connectivity index (χ4v) is 1.70. The zero-order valence-electron chi connectivity index (χ0n) is 8.63. The van der Waals surface area contributed by atoms with E-state index >= 15 is 0 Å². The predicted molar refractivity (Wildman–Crippen MR) is 55.0 cm³/mol. The molecule has 1 heterocycles. The Balaban J connectivity index is 2.29. The SMILES string of the molecule is C[Si](C)(C)OB1OCCNCCO1. The summed E-state index contributed by atoms with van der Waals surface area (Å²) in [5.41, 5.74) is 0. The number of nitrogens with one attached hydrogen (secondary N) is 1. The smallest absolute Gasteiger partial charge is 0.428 e. The molecule has 0 saturated carbocycles. The second kappa shape index (κ2) is 5.11. The van der Waals surface area contributed by atoms with Gasteiger partial charge in [-0.15, -0.1) is 0 Å². The zero-order valence-corrected chi connectivity index (χ0v) is 9.63. The van der Waals surface area contributed by atoms with Crippen molar-refractivity contribution in [1.82, 2.24) is 5.32 Å². The first-order valence-corrected chi connectivity index (χ1v) is 8.10. The highest BCUT2D eigenvalue weighted by Gasteiger charge is 2.29. The third-order valence-electron chi connectivity index (χ3n) is 1.52. The Kier molecular flexibility index (Phi) is 4.41. The first-order valence-electron chi connectivity index (χ1n) is 4.70. The second-order valence-corrected chi connectivity index (χ2v) is 8.47. The molecule has 1 aliphatic heterocycles. The Hall–Kier alpha value is 0.122. The van der Waals surface area contributed by atoms with Crippen LogP contribution < -0.4 is 5.32 Å². The van der Waals surface area contributed by atoms with Gasteiger partial charge in [0.2, 0.25) is 0 Å². The van der Waals surface area contributed by atoms with E-state index < -0.39 is 15.6 Å². The van der Waals surface area contributed by atoms with Gasteiger partial charge < -0.3 is 19.0 Å². The summed E-state index contributed by atoms with van der Waals surface area (Å²) in [4.78, 5) is 0. The molecule has 4 nitrogen and oxygen atoms in total. The minimum atomic E-state index is -1.55. The monoisotopic (exact) mass is 203 g/mol. The van der Waals surface area contributed by atoms with E-state index in [0.29, 0.717) is 13.2 Å². The van der Waals surface area contributed by atoms with Gasteiger partial charge in [0.05, 0.1) is 0 Å². The van der Waals surface area contributed by atoms with Crippen LogP contribution in [0.2, 0.25) is 19.6 Å². The van der Waals surface area contributed by atoms with E-state index in [9.17, 15) is 0 Å². The lowest BCUT2D eigenvalue weighted by Gasteiger charge is -2.24. The first kappa shape index (κ1) is 11.2. The van der Waals surface area contributed by atoms with E-state index in [1.54, 1.807) is 0 Å². The molecular formula is C7H18BNO3Si. The molecule has 6 heteroatoms. The van der Waals surface area contributed by atoms with Gasteiger partial charge in [-0.1, -0.05) is 0 Å². The molecule has 0 radical (unpaired) electrons. The Morgan fingerprint density at radius 2 is 1.69 bits per heavy atom. The Labute approximate surface area is 81.2 Å². The maximum atomic E-state index is 5.68. The summed E-state index contributed by atoms with van der Waals surface area (Å²) in [5.74, 6) is 0. The van der Waals surface area contributed by atoms with Crippen LogP contribution in [-0.2, 0) is 13.7 Å². The summed E-state index contributed by atoms with van der Waals surface area (Å²) in [6.45, 7) is 9.40. The summed E-state index contributed by atoms with van der Waals surface area (Å²) in [7, 11) is -2.00. The molecule has 1 aliphatic rings. The summed E-state index contributed by atoms with van der Waals surface area (Å²) in [5, 5.41) is 3.18. The van der Waals surface area contributed by atoms with Crippen molar-refractivity contribution in [3.05, 3.63) is 0 Å². The summed E-state index contributed by atoms with van der Waals surface area (Å²) < 4.78 is 16.5. The fourth-order valence-electron chi connectivity index (χ4n) is 0.984. The van der Waals surface area contributed by atoms with E-state index in [2.05, 4.69) is 25.0 Å². The van der Waals surface area contributed by atoms with Crippen molar-refractivity contribution in [1.29, 1.82) is 0 Å². The average molecular weight is 203 g/mol. The molecule has 0 aromatic carbocycles. The van der Waals surface area contributed by atoms with Gasteiger partial charge in [-0.25, -0.2) is 0 Å². The van der Waals surface area contributed by atoms with Gasteiger partial charge >= 0.3 is 7.32 Å². The molecule has 0 amide bonds. The van der Waals surface area contributed by atoms with Crippen molar-refractivity contribution in [2.45, 2.75) is 19.6 Å². The number of hydrogen-bond acceptors (Lipinski definition) is 4. The maximum Gasteiger partial charge on any atom is 0.628 e. The summed E-state index contributed by atoms with van der Waals surface area (Å²) in [6, 6.07) is 0. The highest BCUT2D eigenvalue weighted by atomic mass is 28.4. The lowest BCUT2D eigenvalue weighted by Crippen LogP contribution is -2.43. The lowest BCUT2D eigenvalue weighted by molar-refractivity contribution is 0.125. The zero-order chi connectivity index (χ0) is 9.73. The van der Waals surface area contributed by atoms with Crippen LogP contribution in [0.1, 0.15) is 0 Å². The van der Waals surface area contributed by atoms with Crippen molar-refractivity contribution < 1.29 is 13.7 Å². The topological polar surface area (TPSA) is 39.7 Å². The van der Waals surface area contributed by atoms with Crippen LogP contribution in [0.25, 0.3) is 0 Å². The highest BCUT2D eigenvalue weighted by Crippen LogP contribution is 2.07. The van der Waals surface area contributed by atoms with Crippen LogP contribution in [0.4, 0.5) is 0 Å². The third kappa shape index (κ3) is 5.43. The van der Waals surface area contributed by atoms with Crippen molar-refractivity contribution in [3.63, 3.8) is 0 Å². The molecule has 0 aromatic heterocycles. The largest absolute Gasteiger partial charge is 0.628 e. The number of rotatable bonds is 2. The van der Waals surface area contributed by atoms with Crippen LogP contribution in [0, 0.1) is 0 Å². The van der Waals surface area contributed by atoms with Gasteiger partial charge in [-0.05, 0) is 19.6 Å². The van der Waals surface area contributed by atoms with Gasteiger partial charge in [-0.2, -0.15) is 0 Å². The van der Waals surface area contributed by atoms with Gasteiger partial charge in [0, 0.05) is 26.3 Å². The van der Waals surface area contributed by atoms with Crippen LogP contribution in [0.5, 0.6) is 0 Å². The molecule has 0 atom stereocenters. The van der Waals surface area contributed by atoms with Crippen molar-refractivity contribution >= 4 is 15.6 Å². The molecule has 0 unspecified atom stereocenters. The molecule has 0 aliphatic carbocycles. The maximum absolute atomic E-state index is 5.68. The van der Waals surface area contributed by atoms with Crippen LogP contribution in [0.15, 0.2) is 0 Å². The fraction of sp³-hybridized carbons (Fsp3) is 1.00. The molecule has 76 valence electrons. The average Bonchev–Trinajstić information content (AvgIpc) is 1.92. The Bertz CT molecular complexity index is 145. The lowest BCUT2D eigenvalue weighted by atomic mass is 10.2. The Morgan fingerprint density at radius 1 is 1.15 bits per heavy atom. The van der Waals surface area contributed by atoms with Crippen LogP contribution in [0.3, 0.4) is 0 Å². The normalized spacial score (nSPS) is 21.0. The molecule has 0 spiro atoms. The Morgan fingerprint density at radius 3 is 2.15 bits per heavy atom. The van der Waals surface area contributed by atoms with E-state index in [1.807, 2.05) is 0 Å². The van der Waals surface area contributed by atoms with E-state index in [0.717, 1.165) is 13.1 Å². The second-order valence-electron chi connectivity index (χ2n) is 4.01. The minimum Gasteiger partial charge on any atom is -0.428 e. The van der Waals surface area contributed by atoms with Crippen molar-refractivity contribution in [2.75, 3.05) is 26.3 Å². The molecule has 1 N–H and O–H groups in total. The van der Waals surface area contributed by atoms with Crippen LogP contribution >= 0.6 is 0 Å². The van der Waals surface area contributed by atoms with Gasteiger partial charge in [0.15, 0.2) is 8.32 Å². The molecular weight excluding hydrogens is 185 g/mol. The molecule has 0 bridgehead atoms. The van der Waals surface area contributed by atoms with Crippen LogP contribution in [-0.4, -0.2) is 41.9 Å². The first-order chi connectivity index (χ1) is 6.08. The molecule has 1 saturated heterocycles.